The Morgan fingerprint density at radius 2 is 1.00 bits per heavy atom. The van der Waals surface area contributed by atoms with Gasteiger partial charge < -0.3 is 0 Å². The van der Waals surface area contributed by atoms with Crippen LogP contribution in [0, 0.1) is 0 Å². The third-order valence-corrected chi connectivity index (χ3v) is 9.68. The van der Waals surface area contributed by atoms with Crippen molar-refractivity contribution in [3.63, 3.8) is 0 Å². The van der Waals surface area contributed by atoms with E-state index in [0.29, 0.717) is 0 Å². The maximum Gasteiger partial charge on any atom is 0.114 e. The fourth-order valence-electron chi connectivity index (χ4n) is 7.42. The first-order valence-corrected chi connectivity index (χ1v) is 16.9. The summed E-state index contributed by atoms with van der Waals surface area (Å²) < 4.78 is 2.32. The van der Waals surface area contributed by atoms with Gasteiger partial charge in [0.05, 0.1) is 16.7 Å². The first-order valence-electron chi connectivity index (χ1n) is 16.9. The highest BCUT2D eigenvalue weighted by Crippen LogP contribution is 2.44. The number of imidazole rings is 1. The lowest BCUT2D eigenvalue weighted by Crippen LogP contribution is -2.02. The zero-order valence-electron chi connectivity index (χ0n) is 27.2. The minimum atomic E-state index is 0.854. The van der Waals surface area contributed by atoms with E-state index in [9.17, 15) is 0 Å². The van der Waals surface area contributed by atoms with Crippen molar-refractivity contribution in [2.45, 2.75) is 13.3 Å². The molecule has 2 heterocycles. The van der Waals surface area contributed by atoms with Crippen LogP contribution in [0.4, 0.5) is 0 Å². The molecule has 0 unspecified atom stereocenters. The van der Waals surface area contributed by atoms with Crippen LogP contribution >= 0.6 is 0 Å². The molecule has 0 aliphatic rings. The largest absolute Gasteiger partial charge is 0.296 e. The van der Waals surface area contributed by atoms with Crippen LogP contribution in [0.5, 0.6) is 0 Å². The van der Waals surface area contributed by atoms with Crippen molar-refractivity contribution in [3.05, 3.63) is 176 Å². The Labute approximate surface area is 285 Å². The average molecular weight is 628 g/mol. The van der Waals surface area contributed by atoms with Gasteiger partial charge in [0.15, 0.2) is 0 Å². The van der Waals surface area contributed by atoms with Crippen LogP contribution in [0.1, 0.15) is 12.7 Å². The summed E-state index contributed by atoms with van der Waals surface area (Å²) in [5.41, 5.74) is 12.9. The minimum absolute atomic E-state index is 0.854. The van der Waals surface area contributed by atoms with Gasteiger partial charge in [0.1, 0.15) is 5.82 Å². The molecule has 0 N–H and O–H groups in total. The van der Waals surface area contributed by atoms with Crippen molar-refractivity contribution < 1.29 is 0 Å². The number of pyridine rings is 1. The molecule has 2 aromatic heterocycles. The lowest BCUT2D eigenvalue weighted by Gasteiger charge is -2.18. The van der Waals surface area contributed by atoms with E-state index in [2.05, 4.69) is 168 Å². The van der Waals surface area contributed by atoms with Gasteiger partial charge in [-0.25, -0.2) is 4.98 Å². The second kappa shape index (κ2) is 12.0. The van der Waals surface area contributed by atoms with E-state index < -0.39 is 0 Å². The summed E-state index contributed by atoms with van der Waals surface area (Å²) in [6, 6.07) is 56.9. The zero-order chi connectivity index (χ0) is 32.7. The second-order valence-corrected chi connectivity index (χ2v) is 12.5. The van der Waals surface area contributed by atoms with Crippen molar-refractivity contribution in [2.24, 2.45) is 0 Å². The molecule has 3 heteroatoms. The van der Waals surface area contributed by atoms with Crippen molar-refractivity contribution in [1.29, 1.82) is 0 Å². The maximum atomic E-state index is 4.96. The molecule has 0 fully saturated rings. The number of rotatable bonds is 6. The van der Waals surface area contributed by atoms with Gasteiger partial charge in [0, 0.05) is 24.4 Å². The topological polar surface area (TPSA) is 30.7 Å². The summed E-state index contributed by atoms with van der Waals surface area (Å²) in [5, 5.41) is 4.99. The van der Waals surface area contributed by atoms with E-state index in [0.717, 1.165) is 40.1 Å². The number of fused-ring (bicyclic) bond motifs is 3. The van der Waals surface area contributed by atoms with Gasteiger partial charge >= 0.3 is 0 Å². The van der Waals surface area contributed by atoms with Crippen molar-refractivity contribution >= 4 is 32.6 Å². The number of hydrogen-bond acceptors (Lipinski definition) is 2. The van der Waals surface area contributed by atoms with Gasteiger partial charge in [0.25, 0.3) is 0 Å². The second-order valence-electron chi connectivity index (χ2n) is 12.5. The van der Waals surface area contributed by atoms with Gasteiger partial charge in [0.2, 0.25) is 0 Å². The molecular weight excluding hydrogens is 595 g/mol. The van der Waals surface area contributed by atoms with E-state index in [1.54, 1.807) is 0 Å². The number of para-hydroxylation sites is 3. The molecule has 0 bridgehead atoms. The number of aryl methyl sites for hydroxylation is 1. The molecule has 49 heavy (non-hydrogen) atoms. The number of nitrogens with zero attached hydrogens (tertiary/aromatic N) is 3. The Bertz CT molecular complexity index is 2560. The zero-order valence-corrected chi connectivity index (χ0v) is 27.2. The quantitative estimate of drug-likeness (QED) is 0.172. The molecule has 9 rings (SSSR count). The molecule has 0 aliphatic heterocycles. The number of benzene rings is 7. The molecule has 0 aliphatic carbocycles. The summed E-state index contributed by atoms with van der Waals surface area (Å²) in [6.45, 7) is 2.17. The van der Waals surface area contributed by atoms with Crippen LogP contribution < -0.4 is 0 Å². The molecule has 7 aromatic carbocycles. The van der Waals surface area contributed by atoms with Gasteiger partial charge in [-0.05, 0) is 84.8 Å². The Hall–Kier alpha value is -6.32. The van der Waals surface area contributed by atoms with Crippen LogP contribution in [0.2, 0.25) is 0 Å². The highest BCUT2D eigenvalue weighted by Gasteiger charge is 2.18. The smallest absolute Gasteiger partial charge is 0.114 e. The van der Waals surface area contributed by atoms with Crippen LogP contribution in [0.25, 0.3) is 82.8 Å². The van der Waals surface area contributed by atoms with Gasteiger partial charge in [-0.2, -0.15) is 0 Å². The summed E-state index contributed by atoms with van der Waals surface area (Å²) in [4.78, 5) is 9.28. The molecule has 0 spiro atoms. The molecule has 9 aromatic rings. The molecule has 0 saturated heterocycles. The minimum Gasteiger partial charge on any atom is -0.296 e. The van der Waals surface area contributed by atoms with Crippen LogP contribution in [-0.4, -0.2) is 14.5 Å². The Morgan fingerprint density at radius 1 is 0.469 bits per heavy atom. The van der Waals surface area contributed by atoms with Gasteiger partial charge in [-0.15, -0.1) is 0 Å². The Kier molecular flexibility index (Phi) is 7.09. The fourth-order valence-corrected chi connectivity index (χ4v) is 7.42. The molecule has 3 nitrogen and oxygen atoms in total. The summed E-state index contributed by atoms with van der Waals surface area (Å²) in [6.07, 6.45) is 4.59. The molecule has 0 saturated carbocycles. The predicted octanol–water partition coefficient (Wildman–Crippen LogP) is 12.0. The number of hydrogen-bond donors (Lipinski definition) is 0. The van der Waals surface area contributed by atoms with E-state index in [1.165, 1.54) is 54.9 Å². The molecular formula is C46H33N3. The fraction of sp³-hybridized carbons (Fsp3) is 0.0435. The monoisotopic (exact) mass is 627 g/mol. The Morgan fingerprint density at radius 3 is 1.59 bits per heavy atom. The predicted molar refractivity (Wildman–Crippen MR) is 205 cm³/mol. The van der Waals surface area contributed by atoms with Gasteiger partial charge in [-0.1, -0.05) is 140 Å². The van der Waals surface area contributed by atoms with E-state index in [-0.39, 0.29) is 0 Å². The Balaban J connectivity index is 1.18. The lowest BCUT2D eigenvalue weighted by atomic mass is 9.85. The van der Waals surface area contributed by atoms with Crippen LogP contribution in [-0.2, 0) is 6.42 Å². The standard InChI is InChI=1S/C46H33N3/c1-2-44-48-41-18-8-10-20-43(41)49(44)42-19-9-7-13-36(42)32-23-27-34(28-24-32)46-39-16-5-3-14-37(39)45(38-15-4-6-17-40(38)46)33-25-21-31(22-26-33)35-12-11-29-47-30-35/h3-30H,2H2,1H3. The third-order valence-electron chi connectivity index (χ3n) is 9.68. The number of aromatic nitrogens is 3. The summed E-state index contributed by atoms with van der Waals surface area (Å²) in [7, 11) is 0. The molecule has 0 radical (unpaired) electrons. The SMILES string of the molecule is CCc1nc2ccccc2n1-c1ccccc1-c1ccc(-c2c3ccccc3c(-c3ccc(-c4cccnc4)cc3)c3ccccc23)cc1. The molecule has 232 valence electrons. The van der Waals surface area contributed by atoms with Crippen molar-refractivity contribution in [1.82, 2.24) is 14.5 Å². The van der Waals surface area contributed by atoms with E-state index in [1.807, 2.05) is 18.5 Å². The lowest BCUT2D eigenvalue weighted by molar-refractivity contribution is 0.909. The molecule has 0 atom stereocenters. The van der Waals surface area contributed by atoms with Gasteiger partial charge in [-0.3, -0.25) is 9.55 Å². The highest BCUT2D eigenvalue weighted by atomic mass is 15.1. The van der Waals surface area contributed by atoms with E-state index >= 15 is 0 Å². The molecule has 0 amide bonds. The normalized spacial score (nSPS) is 11.4. The highest BCUT2D eigenvalue weighted by molar-refractivity contribution is 6.21. The first-order chi connectivity index (χ1) is 24.3. The summed E-state index contributed by atoms with van der Waals surface area (Å²) in [5.74, 6) is 1.06. The first kappa shape index (κ1) is 28.9. The average Bonchev–Trinajstić information content (AvgIpc) is 3.56. The van der Waals surface area contributed by atoms with Crippen LogP contribution in [0.15, 0.2) is 170 Å². The van der Waals surface area contributed by atoms with E-state index in [4.69, 9.17) is 4.98 Å². The maximum absolute atomic E-state index is 4.96. The van der Waals surface area contributed by atoms with Crippen molar-refractivity contribution in [3.8, 4) is 50.2 Å². The van der Waals surface area contributed by atoms with Crippen molar-refractivity contribution in [2.75, 3.05) is 0 Å². The summed E-state index contributed by atoms with van der Waals surface area (Å²) >= 11 is 0. The third kappa shape index (κ3) is 4.90. The van der Waals surface area contributed by atoms with Crippen LogP contribution in [0.3, 0.4) is 0 Å².